The van der Waals surface area contributed by atoms with Crippen LogP contribution in [0.5, 0.6) is 0 Å². The van der Waals surface area contributed by atoms with Crippen LogP contribution in [0.15, 0.2) is 24.3 Å². The van der Waals surface area contributed by atoms with E-state index < -0.39 is 57.1 Å². The Labute approximate surface area is 353 Å². The number of ether oxygens (including phenoxy) is 2. The van der Waals surface area contributed by atoms with Gasteiger partial charge in [-0.3, -0.25) is 38.6 Å². The number of nitrogens with one attached hydrogen (secondary N) is 1. The minimum atomic E-state index is -0.974. The second-order valence-corrected chi connectivity index (χ2v) is 16.3. The first-order valence-corrected chi connectivity index (χ1v) is 25.7. The van der Waals surface area contributed by atoms with Gasteiger partial charge in [0.2, 0.25) is 0 Å². The summed E-state index contributed by atoms with van der Waals surface area (Å²) >= 11 is -0.944. The summed E-state index contributed by atoms with van der Waals surface area (Å²) in [5, 5.41) is 18.3. The van der Waals surface area contributed by atoms with Gasteiger partial charge in [0.25, 0.3) is 23.6 Å². The predicted molar refractivity (Wildman–Crippen MR) is 202 cm³/mol. The van der Waals surface area contributed by atoms with Gasteiger partial charge < -0.3 is 60.6 Å². The number of nitrogens with zero attached hydrogens (tertiary/aromatic N) is 2. The average molecular weight is 1240 g/mol. The van der Waals surface area contributed by atoms with Crippen LogP contribution in [-0.4, -0.2) is 105 Å². The molecule has 2 aliphatic heterocycles. The standard InChI is InChI=1S/C15H21NO6.C10H13NO4.C3H7NO2.4ClH.4H2N.2H2O.2Pt/c1-11(2)10-21-15(20)22-14(19)6-4-3-5-9-16-12(17)7-8-13(16)18;12-8-5-6-9(13)11(8)7-3-1-2-4-10(14)15;1-2-4-3(5)6;;;;;;;;;;;;/h7-8,11H,3-6,9-10H2,1-2H3;5-6H,1-4,7H2,(H,14,15);4H,2H2,1H3,(H,5,6);4*1H;6*1H2;;/q;;;;;;;4*-1;;;2*+4/p-4. The van der Waals surface area contributed by atoms with E-state index in [0.29, 0.717) is 58.2 Å². The maximum absolute atomic E-state index is 11.4. The van der Waals surface area contributed by atoms with Crippen LogP contribution in [0, 0.1) is 5.92 Å². The van der Waals surface area contributed by atoms with Crippen LogP contribution in [0.3, 0.4) is 0 Å². The van der Waals surface area contributed by atoms with Gasteiger partial charge in [-0.25, -0.2) is 9.59 Å². The van der Waals surface area contributed by atoms with Crippen LogP contribution in [0.2, 0.25) is 0 Å². The average Bonchev–Trinajstić information content (AvgIpc) is 3.51. The SMILES string of the molecule is CC(C)COC(=O)OC(=O)CCCCCN1C(=O)C=CC1=O.CCNC(=O)O.O.O.O=C(O)CCCCCN1C(=O)C=CC1=O.[Cl][Pt+2][Cl].[Cl][Pt+2][Cl].[NH2-].[NH2-].[NH2-].[NH2-]. The van der Waals surface area contributed by atoms with Crippen LogP contribution in [0.4, 0.5) is 9.59 Å². The van der Waals surface area contributed by atoms with E-state index in [4.69, 9.17) is 52.6 Å². The molecule has 27 heteroatoms. The fraction of sp³-hybridized carbons (Fsp3) is 0.571. The van der Waals surface area contributed by atoms with Gasteiger partial charge in [0, 0.05) is 56.8 Å². The molecule has 2 aliphatic rings. The zero-order valence-electron chi connectivity index (χ0n) is 30.2. The number of esters is 1. The third-order valence-corrected chi connectivity index (χ3v) is 5.40. The molecule has 0 unspecified atom stereocenters. The second kappa shape index (κ2) is 49.8. The van der Waals surface area contributed by atoms with Gasteiger partial charge in [-0.1, -0.05) is 26.7 Å². The maximum atomic E-state index is 11.4. The van der Waals surface area contributed by atoms with Crippen molar-refractivity contribution in [3.05, 3.63) is 48.9 Å². The van der Waals surface area contributed by atoms with Gasteiger partial charge in [0.05, 0.1) is 6.61 Å². The number of nitrogens with two attached hydrogens (primary N) is 4. The van der Waals surface area contributed by atoms with Crippen molar-refractivity contribution in [2.75, 3.05) is 26.2 Å². The quantitative estimate of drug-likeness (QED) is 0.0675. The van der Waals surface area contributed by atoms with Crippen LogP contribution >= 0.6 is 37.7 Å². The molecule has 0 atom stereocenters. The summed E-state index contributed by atoms with van der Waals surface area (Å²) in [5.74, 6) is -2.45. The van der Waals surface area contributed by atoms with Crippen LogP contribution in [-0.2, 0) is 71.2 Å². The molecule has 2 heterocycles. The van der Waals surface area contributed by atoms with E-state index in [1.807, 2.05) is 13.8 Å². The fourth-order valence-electron chi connectivity index (χ4n) is 3.30. The first-order valence-electron chi connectivity index (χ1n) is 14.4. The number of unbranched alkanes of at least 4 members (excludes halogenated alkanes) is 4. The van der Waals surface area contributed by atoms with Crippen molar-refractivity contribution >= 4 is 85.5 Å². The number of halogens is 4. The van der Waals surface area contributed by atoms with E-state index in [-0.39, 0.29) is 84.5 Å². The number of rotatable bonds is 15. The van der Waals surface area contributed by atoms with Crippen molar-refractivity contribution in [1.29, 1.82) is 0 Å². The van der Waals surface area contributed by atoms with E-state index in [2.05, 4.69) is 10.1 Å². The third-order valence-electron chi connectivity index (χ3n) is 5.40. The van der Waals surface area contributed by atoms with Crippen LogP contribution in [0.25, 0.3) is 24.6 Å². The maximum Gasteiger partial charge on any atom is -0.693 e. The molecular formula is C28H53Cl4N7O14Pt2. The number of carboxylic acids is 1. The van der Waals surface area contributed by atoms with Gasteiger partial charge in [0.1, 0.15) is 0 Å². The Bertz CT molecular complexity index is 1090. The minimum absolute atomic E-state index is 0. The van der Waals surface area contributed by atoms with Gasteiger partial charge >= 0.3 is 94.8 Å². The van der Waals surface area contributed by atoms with Crippen LogP contribution < -0.4 is 5.32 Å². The summed E-state index contributed by atoms with van der Waals surface area (Å²) in [4.78, 5) is 89.2. The Kier molecular flexibility index (Phi) is 66.8. The predicted octanol–water partition coefficient (Wildman–Crippen LogP) is 6.61. The summed E-state index contributed by atoms with van der Waals surface area (Å²) in [5.41, 5.74) is 0. The molecule has 0 saturated heterocycles. The van der Waals surface area contributed by atoms with E-state index in [0.717, 1.165) is 4.90 Å². The molecule has 21 nitrogen and oxygen atoms in total. The van der Waals surface area contributed by atoms with Crippen molar-refractivity contribution in [2.24, 2.45) is 5.92 Å². The molecule has 0 fully saturated rings. The Morgan fingerprint density at radius 2 is 1.04 bits per heavy atom. The summed E-state index contributed by atoms with van der Waals surface area (Å²) in [7, 11) is 19.5. The number of carbonyl (C=O) groups excluding carboxylic acids is 6. The number of imide groups is 2. The van der Waals surface area contributed by atoms with Crippen LogP contribution in [0.1, 0.15) is 72.1 Å². The van der Waals surface area contributed by atoms with E-state index >= 15 is 0 Å². The molecule has 55 heavy (non-hydrogen) atoms. The van der Waals surface area contributed by atoms with Crippen molar-refractivity contribution in [2.45, 2.75) is 72.1 Å². The summed E-state index contributed by atoms with van der Waals surface area (Å²) in [6.45, 7) is 6.88. The zero-order chi connectivity index (χ0) is 38.2. The molecule has 2 rings (SSSR count). The van der Waals surface area contributed by atoms with Crippen molar-refractivity contribution in [3.8, 4) is 0 Å². The smallest absolute Gasteiger partial charge is 0.693 e. The number of amides is 5. The van der Waals surface area contributed by atoms with E-state index in [1.165, 1.54) is 29.2 Å². The molecule has 0 aromatic rings. The molecule has 5 amide bonds. The van der Waals surface area contributed by atoms with Gasteiger partial charge in [-0.05, 0) is 38.5 Å². The zero-order valence-corrected chi connectivity index (χ0v) is 37.8. The Morgan fingerprint density at radius 1 is 0.691 bits per heavy atom. The molecule has 0 radical (unpaired) electrons. The topological polar surface area (TPSA) is 411 Å². The summed E-state index contributed by atoms with van der Waals surface area (Å²) in [6, 6.07) is 0. The molecule has 0 aliphatic carbocycles. The van der Waals surface area contributed by atoms with Gasteiger partial charge in [0.15, 0.2) is 0 Å². The third kappa shape index (κ3) is 47.8. The molecular weight excluding hydrogens is 1190 g/mol. The van der Waals surface area contributed by atoms with E-state index in [1.54, 1.807) is 6.92 Å². The number of aliphatic carboxylic acids is 1. The normalized spacial score (nSPS) is 11.3. The molecule has 0 saturated carbocycles. The molecule has 332 valence electrons. The number of hydrogen-bond donors (Lipinski definition) is 3. The fourth-order valence-corrected chi connectivity index (χ4v) is 3.30. The molecule has 0 spiro atoms. The Balaban J connectivity index is -0.0000000802. The molecule has 0 bridgehead atoms. The van der Waals surface area contributed by atoms with Gasteiger partial charge in [-0.15, -0.1) is 0 Å². The molecule has 0 aromatic carbocycles. The Hall–Kier alpha value is -2.26. The number of carboxylic acid groups (broad SMARTS) is 2. The molecule has 0 aromatic heterocycles. The monoisotopic (exact) mass is 1240 g/mol. The molecule has 15 N–H and O–H groups in total. The van der Waals surface area contributed by atoms with E-state index in [9.17, 15) is 38.4 Å². The first kappa shape index (κ1) is 73.8. The number of hydrogen-bond acceptors (Lipinski definition) is 10. The second-order valence-electron chi connectivity index (χ2n) is 9.69. The first-order chi connectivity index (χ1) is 23.1. The summed E-state index contributed by atoms with van der Waals surface area (Å²) < 4.78 is 9.21. The largest absolute Gasteiger partial charge is 0.693 e. The Morgan fingerprint density at radius 3 is 1.31 bits per heavy atom. The van der Waals surface area contributed by atoms with Crippen molar-refractivity contribution in [3.63, 3.8) is 0 Å². The summed E-state index contributed by atoms with van der Waals surface area (Å²) in [6.07, 6.45) is 6.99. The number of carbonyl (C=O) groups is 8. The van der Waals surface area contributed by atoms with Crippen molar-refractivity contribution in [1.82, 2.24) is 15.1 Å². The van der Waals surface area contributed by atoms with Crippen molar-refractivity contribution < 1.29 is 102 Å². The minimum Gasteiger partial charge on any atom is -0.693 e. The van der Waals surface area contributed by atoms with Gasteiger partial charge in [-0.2, -0.15) is 0 Å².